The van der Waals surface area contributed by atoms with Gasteiger partial charge in [-0.15, -0.1) is 0 Å². The number of nitrogens with one attached hydrogen (secondary N) is 2. The minimum absolute atomic E-state index is 0.207. The highest BCUT2D eigenvalue weighted by Crippen LogP contribution is 2.24. The van der Waals surface area contributed by atoms with Gasteiger partial charge in [-0.3, -0.25) is 4.72 Å². The van der Waals surface area contributed by atoms with Crippen LogP contribution in [-0.2, 0) is 10.0 Å². The van der Waals surface area contributed by atoms with Gasteiger partial charge in [0.15, 0.2) is 5.82 Å². The van der Waals surface area contributed by atoms with Gasteiger partial charge >= 0.3 is 0 Å². The number of aromatic nitrogens is 1. The number of rotatable bonds is 6. The van der Waals surface area contributed by atoms with Gasteiger partial charge in [0.05, 0.1) is 12.0 Å². The van der Waals surface area contributed by atoms with Crippen LogP contribution in [0.3, 0.4) is 0 Å². The normalized spacial score (nSPS) is 11.2. The molecule has 136 valence electrons. The summed E-state index contributed by atoms with van der Waals surface area (Å²) in [5, 5.41) is 6.92. The van der Waals surface area contributed by atoms with E-state index in [-0.39, 0.29) is 4.90 Å². The Bertz CT molecular complexity index is 1010. The first-order valence-corrected chi connectivity index (χ1v) is 9.33. The van der Waals surface area contributed by atoms with E-state index in [1.807, 2.05) is 0 Å². The second-order valence-electron chi connectivity index (χ2n) is 5.76. The molecule has 3 rings (SSSR count). The molecule has 26 heavy (non-hydrogen) atoms. The van der Waals surface area contributed by atoms with Crippen molar-refractivity contribution >= 4 is 27.2 Å². The van der Waals surface area contributed by atoms with Crippen molar-refractivity contribution in [3.63, 3.8) is 0 Å². The minimum atomic E-state index is -3.69. The van der Waals surface area contributed by atoms with Crippen molar-refractivity contribution in [2.75, 3.05) is 17.1 Å². The number of benzene rings is 2. The van der Waals surface area contributed by atoms with E-state index in [1.54, 1.807) is 56.3 Å². The van der Waals surface area contributed by atoms with E-state index in [1.165, 1.54) is 13.2 Å². The van der Waals surface area contributed by atoms with E-state index in [0.29, 0.717) is 28.6 Å². The third kappa shape index (κ3) is 3.97. The van der Waals surface area contributed by atoms with Crippen molar-refractivity contribution in [1.29, 1.82) is 0 Å². The van der Waals surface area contributed by atoms with E-state index in [0.717, 1.165) is 5.69 Å². The number of hydrogen-bond acceptors (Lipinski definition) is 6. The Morgan fingerprint density at radius 3 is 2.27 bits per heavy atom. The number of sulfonamides is 1. The lowest BCUT2D eigenvalue weighted by atomic mass is 10.2. The number of ether oxygens (including phenoxy) is 1. The second-order valence-corrected chi connectivity index (χ2v) is 7.41. The molecular weight excluding hydrogens is 354 g/mol. The smallest absolute Gasteiger partial charge is 0.262 e. The van der Waals surface area contributed by atoms with Crippen LogP contribution in [0.4, 0.5) is 17.2 Å². The Morgan fingerprint density at radius 2 is 1.69 bits per heavy atom. The summed E-state index contributed by atoms with van der Waals surface area (Å²) >= 11 is 0. The molecule has 0 fully saturated rings. The maximum atomic E-state index is 12.6. The summed E-state index contributed by atoms with van der Waals surface area (Å²) in [6.07, 6.45) is 0. The van der Waals surface area contributed by atoms with Gasteiger partial charge in [-0.2, -0.15) is 0 Å². The van der Waals surface area contributed by atoms with Crippen LogP contribution < -0.4 is 14.8 Å². The van der Waals surface area contributed by atoms with Gasteiger partial charge < -0.3 is 14.6 Å². The molecule has 2 N–H and O–H groups in total. The third-order valence-electron chi connectivity index (χ3n) is 3.71. The molecule has 1 heterocycles. The van der Waals surface area contributed by atoms with Crippen molar-refractivity contribution in [3.05, 3.63) is 59.9 Å². The van der Waals surface area contributed by atoms with Gasteiger partial charge in [-0.25, -0.2) is 8.42 Å². The second kappa shape index (κ2) is 7.09. The van der Waals surface area contributed by atoms with Crippen LogP contribution in [0.2, 0.25) is 0 Å². The molecule has 0 aliphatic carbocycles. The molecule has 0 saturated heterocycles. The van der Waals surface area contributed by atoms with Crippen molar-refractivity contribution in [1.82, 2.24) is 5.16 Å². The molecule has 1 aromatic heterocycles. The lowest BCUT2D eigenvalue weighted by Crippen LogP contribution is -2.14. The quantitative estimate of drug-likeness (QED) is 0.682. The van der Waals surface area contributed by atoms with E-state index in [9.17, 15) is 8.42 Å². The number of aryl methyl sites for hydroxylation is 2. The molecule has 8 heteroatoms. The predicted octanol–water partition coefficient (Wildman–Crippen LogP) is 3.84. The predicted molar refractivity (Wildman–Crippen MR) is 99.5 cm³/mol. The molecule has 0 atom stereocenters. The van der Waals surface area contributed by atoms with Crippen LogP contribution in [-0.4, -0.2) is 20.7 Å². The van der Waals surface area contributed by atoms with Gasteiger partial charge in [0.1, 0.15) is 11.5 Å². The fourth-order valence-corrected chi connectivity index (χ4v) is 3.74. The highest BCUT2D eigenvalue weighted by atomic mass is 32.2. The standard InChI is InChI=1S/C18H19N3O4S/c1-12-10-16(24-3)8-9-17(12)26(22,23)21-15-6-4-14(5-7-15)19-18-11-13(2)25-20-18/h4-11,21H,1-3H3,(H,19,20). The zero-order chi connectivity index (χ0) is 18.7. The minimum Gasteiger partial charge on any atom is -0.497 e. The summed E-state index contributed by atoms with van der Waals surface area (Å²) in [6.45, 7) is 3.53. The largest absolute Gasteiger partial charge is 0.497 e. The Kier molecular flexibility index (Phi) is 4.85. The van der Waals surface area contributed by atoms with Crippen LogP contribution in [0.5, 0.6) is 5.75 Å². The zero-order valence-corrected chi connectivity index (χ0v) is 15.4. The Balaban J connectivity index is 1.75. The summed E-state index contributed by atoms with van der Waals surface area (Å²) in [5.41, 5.74) is 1.83. The maximum Gasteiger partial charge on any atom is 0.262 e. The molecule has 0 saturated carbocycles. The van der Waals surface area contributed by atoms with Crippen molar-refractivity contribution in [3.8, 4) is 5.75 Å². The monoisotopic (exact) mass is 373 g/mol. The topological polar surface area (TPSA) is 93.5 Å². The summed E-state index contributed by atoms with van der Waals surface area (Å²) < 4.78 is 37.9. The first kappa shape index (κ1) is 17.8. The van der Waals surface area contributed by atoms with Crippen LogP contribution in [0, 0.1) is 13.8 Å². The number of anilines is 3. The maximum absolute atomic E-state index is 12.6. The number of methoxy groups -OCH3 is 1. The highest BCUT2D eigenvalue weighted by Gasteiger charge is 2.17. The van der Waals surface area contributed by atoms with Gasteiger partial charge in [0.2, 0.25) is 0 Å². The highest BCUT2D eigenvalue weighted by molar-refractivity contribution is 7.92. The zero-order valence-electron chi connectivity index (χ0n) is 14.6. The molecule has 0 aliphatic rings. The number of hydrogen-bond donors (Lipinski definition) is 2. The summed E-state index contributed by atoms with van der Waals surface area (Å²) in [5.74, 6) is 1.90. The SMILES string of the molecule is COc1ccc(S(=O)(=O)Nc2ccc(Nc3cc(C)on3)cc2)c(C)c1. The Morgan fingerprint density at radius 1 is 1.00 bits per heavy atom. The van der Waals surface area contributed by atoms with Crippen molar-refractivity contribution in [2.45, 2.75) is 18.7 Å². The Labute approximate surface area is 152 Å². The molecule has 3 aromatic rings. The van der Waals surface area contributed by atoms with E-state index in [2.05, 4.69) is 15.2 Å². The molecule has 7 nitrogen and oxygen atoms in total. The van der Waals surface area contributed by atoms with Gasteiger partial charge in [-0.05, 0) is 61.9 Å². The van der Waals surface area contributed by atoms with Gasteiger partial charge in [0.25, 0.3) is 10.0 Å². The van der Waals surface area contributed by atoms with Crippen molar-refractivity contribution < 1.29 is 17.7 Å². The molecule has 0 amide bonds. The fraction of sp³-hybridized carbons (Fsp3) is 0.167. The number of nitrogens with zero attached hydrogens (tertiary/aromatic N) is 1. The summed E-state index contributed by atoms with van der Waals surface area (Å²) in [4.78, 5) is 0.207. The van der Waals surface area contributed by atoms with E-state index >= 15 is 0 Å². The average molecular weight is 373 g/mol. The Hall–Kier alpha value is -3.00. The molecule has 0 unspecified atom stereocenters. The van der Waals surface area contributed by atoms with Crippen LogP contribution in [0.1, 0.15) is 11.3 Å². The average Bonchev–Trinajstić information content (AvgIpc) is 3.01. The van der Waals surface area contributed by atoms with E-state index in [4.69, 9.17) is 9.26 Å². The molecule has 2 aromatic carbocycles. The first-order valence-electron chi connectivity index (χ1n) is 7.85. The lowest BCUT2D eigenvalue weighted by molar-refractivity contribution is 0.400. The third-order valence-corrected chi connectivity index (χ3v) is 5.25. The molecule has 0 bridgehead atoms. The molecule has 0 aliphatic heterocycles. The van der Waals surface area contributed by atoms with Crippen LogP contribution >= 0.6 is 0 Å². The van der Waals surface area contributed by atoms with Gasteiger partial charge in [-0.1, -0.05) is 5.16 Å². The molecule has 0 spiro atoms. The summed E-state index contributed by atoms with van der Waals surface area (Å²) in [7, 11) is -2.15. The lowest BCUT2D eigenvalue weighted by Gasteiger charge is -2.12. The van der Waals surface area contributed by atoms with Crippen LogP contribution in [0.15, 0.2) is 57.9 Å². The fourth-order valence-electron chi connectivity index (χ4n) is 2.46. The molecule has 0 radical (unpaired) electrons. The first-order chi connectivity index (χ1) is 12.4. The van der Waals surface area contributed by atoms with Crippen molar-refractivity contribution in [2.24, 2.45) is 0 Å². The summed E-state index contributed by atoms with van der Waals surface area (Å²) in [6, 6.07) is 13.4. The van der Waals surface area contributed by atoms with Gasteiger partial charge in [0, 0.05) is 17.4 Å². The van der Waals surface area contributed by atoms with E-state index < -0.39 is 10.0 Å². The van der Waals surface area contributed by atoms with Crippen LogP contribution in [0.25, 0.3) is 0 Å². The molecular formula is C18H19N3O4S.